The van der Waals surface area contributed by atoms with Crippen LogP contribution in [0.1, 0.15) is 0 Å². The van der Waals surface area contributed by atoms with Crippen LogP contribution in [0.25, 0.3) is 0 Å². The Bertz CT molecular complexity index is 226. The molecule has 0 spiro atoms. The summed E-state index contributed by atoms with van der Waals surface area (Å²) in [6, 6.07) is 0. The first-order valence-corrected chi connectivity index (χ1v) is 3.49. The molecule has 2 nitrogen and oxygen atoms in total. The Hall–Kier alpha value is -1.26. The maximum Gasteiger partial charge on any atom is 0.417 e. The van der Waals surface area contributed by atoms with E-state index in [9.17, 15) is 13.2 Å². The molecule has 0 radical (unpaired) electrons. The SMILES string of the molecule is C=C/C=C(\C=N/N(C)C)C(F)(F)F. The van der Waals surface area contributed by atoms with Crippen molar-refractivity contribution in [1.82, 2.24) is 5.01 Å². The fourth-order valence-electron chi connectivity index (χ4n) is 0.515. The molecule has 74 valence electrons. The van der Waals surface area contributed by atoms with Crippen LogP contribution >= 0.6 is 0 Å². The van der Waals surface area contributed by atoms with Gasteiger partial charge in [-0.25, -0.2) is 0 Å². The highest BCUT2D eigenvalue weighted by molar-refractivity contribution is 5.80. The molecular formula is C8H11F3N2. The number of halogens is 3. The molecule has 0 aromatic heterocycles. The number of hydrogen-bond donors (Lipinski definition) is 0. The first kappa shape index (κ1) is 11.7. The third-order valence-electron chi connectivity index (χ3n) is 1.05. The first-order chi connectivity index (χ1) is 5.88. The van der Waals surface area contributed by atoms with Gasteiger partial charge in [-0.1, -0.05) is 12.7 Å². The molecule has 0 saturated heterocycles. The minimum atomic E-state index is -4.38. The lowest BCUT2D eigenvalue weighted by Gasteiger charge is -2.07. The number of nitrogens with zero attached hydrogens (tertiary/aromatic N) is 2. The van der Waals surface area contributed by atoms with Gasteiger partial charge in [0, 0.05) is 14.1 Å². The lowest BCUT2D eigenvalue weighted by Crippen LogP contribution is -2.14. The van der Waals surface area contributed by atoms with E-state index in [1.165, 1.54) is 5.01 Å². The van der Waals surface area contributed by atoms with E-state index in [2.05, 4.69) is 11.7 Å². The smallest absolute Gasteiger partial charge is 0.303 e. The van der Waals surface area contributed by atoms with Crippen LogP contribution < -0.4 is 0 Å². The molecule has 0 aliphatic rings. The van der Waals surface area contributed by atoms with Crippen molar-refractivity contribution in [2.24, 2.45) is 5.10 Å². The van der Waals surface area contributed by atoms with Gasteiger partial charge in [0.25, 0.3) is 0 Å². The zero-order valence-corrected chi connectivity index (χ0v) is 7.47. The molecule has 0 aliphatic carbocycles. The van der Waals surface area contributed by atoms with Gasteiger partial charge in [0.15, 0.2) is 0 Å². The highest BCUT2D eigenvalue weighted by atomic mass is 19.4. The second kappa shape index (κ2) is 4.69. The van der Waals surface area contributed by atoms with Gasteiger partial charge in [-0.3, -0.25) is 0 Å². The number of alkyl halides is 3. The largest absolute Gasteiger partial charge is 0.417 e. The van der Waals surface area contributed by atoms with E-state index in [0.29, 0.717) is 0 Å². The molecule has 0 aliphatic heterocycles. The average molecular weight is 192 g/mol. The molecule has 0 amide bonds. The predicted octanol–water partition coefficient (Wildman–Crippen LogP) is 2.21. The second-order valence-corrected chi connectivity index (χ2v) is 2.45. The van der Waals surface area contributed by atoms with Crippen molar-refractivity contribution in [3.8, 4) is 0 Å². The minimum Gasteiger partial charge on any atom is -0.303 e. The molecule has 0 heterocycles. The Morgan fingerprint density at radius 2 is 1.92 bits per heavy atom. The molecule has 0 N–H and O–H groups in total. The number of hydrogen-bond acceptors (Lipinski definition) is 2. The van der Waals surface area contributed by atoms with Crippen LogP contribution in [0.4, 0.5) is 13.2 Å². The average Bonchev–Trinajstić information content (AvgIpc) is 1.95. The van der Waals surface area contributed by atoms with Crippen molar-refractivity contribution in [1.29, 1.82) is 0 Å². The zero-order valence-electron chi connectivity index (χ0n) is 7.47. The standard InChI is InChI=1S/C8H11F3N2/c1-4-5-7(8(9,10)11)6-12-13(2)3/h4-6H,1H2,2-3H3/b7-5+,12-6-. The van der Waals surface area contributed by atoms with Crippen LogP contribution in [-0.2, 0) is 0 Å². The van der Waals surface area contributed by atoms with Crippen LogP contribution in [0, 0.1) is 0 Å². The van der Waals surface area contributed by atoms with Crippen molar-refractivity contribution in [3.63, 3.8) is 0 Å². The molecule has 5 heteroatoms. The van der Waals surface area contributed by atoms with Gasteiger partial charge in [0.05, 0.1) is 11.8 Å². The van der Waals surface area contributed by atoms with Crippen LogP contribution in [0.3, 0.4) is 0 Å². The summed E-state index contributed by atoms with van der Waals surface area (Å²) in [5.74, 6) is 0. The highest BCUT2D eigenvalue weighted by Gasteiger charge is 2.31. The van der Waals surface area contributed by atoms with Gasteiger partial charge in [-0.05, 0) is 6.08 Å². The van der Waals surface area contributed by atoms with Crippen LogP contribution in [0.5, 0.6) is 0 Å². The fourth-order valence-corrected chi connectivity index (χ4v) is 0.515. The van der Waals surface area contributed by atoms with E-state index in [4.69, 9.17) is 0 Å². The number of hydrazone groups is 1. The summed E-state index contributed by atoms with van der Waals surface area (Å²) in [5, 5.41) is 4.76. The van der Waals surface area contributed by atoms with Gasteiger partial charge in [0.2, 0.25) is 0 Å². The molecule has 0 unspecified atom stereocenters. The van der Waals surface area contributed by atoms with E-state index >= 15 is 0 Å². The van der Waals surface area contributed by atoms with Crippen LogP contribution in [0.2, 0.25) is 0 Å². The van der Waals surface area contributed by atoms with Crippen LogP contribution in [0.15, 0.2) is 29.4 Å². The molecule has 0 atom stereocenters. The summed E-state index contributed by atoms with van der Waals surface area (Å²) < 4.78 is 36.4. The molecule has 13 heavy (non-hydrogen) atoms. The Kier molecular flexibility index (Phi) is 4.23. The van der Waals surface area contributed by atoms with Gasteiger partial charge in [0.1, 0.15) is 0 Å². The lowest BCUT2D eigenvalue weighted by molar-refractivity contribution is -0.0856. The number of allylic oxidation sites excluding steroid dienone is 3. The van der Waals surface area contributed by atoms with Crippen LogP contribution in [-0.4, -0.2) is 31.5 Å². The Labute approximate surface area is 75.0 Å². The van der Waals surface area contributed by atoms with E-state index in [-0.39, 0.29) is 0 Å². The summed E-state index contributed by atoms with van der Waals surface area (Å²) in [5.41, 5.74) is -0.823. The summed E-state index contributed by atoms with van der Waals surface area (Å²) >= 11 is 0. The summed E-state index contributed by atoms with van der Waals surface area (Å²) in [4.78, 5) is 0. The number of rotatable bonds is 3. The normalized spacial score (nSPS) is 13.5. The molecule has 0 fully saturated rings. The predicted molar refractivity (Wildman–Crippen MR) is 46.5 cm³/mol. The molecule has 0 bridgehead atoms. The van der Waals surface area contributed by atoms with E-state index < -0.39 is 11.7 Å². The minimum absolute atomic E-state index is 0.752. The monoisotopic (exact) mass is 192 g/mol. The fraction of sp³-hybridized carbons (Fsp3) is 0.375. The van der Waals surface area contributed by atoms with E-state index in [1.807, 2.05) is 0 Å². The van der Waals surface area contributed by atoms with Gasteiger partial charge < -0.3 is 5.01 Å². The van der Waals surface area contributed by atoms with Crippen molar-refractivity contribution >= 4 is 6.21 Å². The second-order valence-electron chi connectivity index (χ2n) is 2.45. The summed E-state index contributed by atoms with van der Waals surface area (Å²) in [7, 11) is 3.08. The molecule has 0 saturated carbocycles. The van der Waals surface area contributed by atoms with Crippen molar-refractivity contribution in [2.75, 3.05) is 14.1 Å². The zero-order chi connectivity index (χ0) is 10.5. The Balaban J connectivity index is 4.65. The van der Waals surface area contributed by atoms with Crippen molar-refractivity contribution < 1.29 is 13.2 Å². The highest BCUT2D eigenvalue weighted by Crippen LogP contribution is 2.23. The quantitative estimate of drug-likeness (QED) is 0.380. The van der Waals surface area contributed by atoms with Gasteiger partial charge in [-0.15, -0.1) is 0 Å². The third kappa shape index (κ3) is 5.05. The first-order valence-electron chi connectivity index (χ1n) is 3.49. The maximum absolute atomic E-state index is 12.1. The van der Waals surface area contributed by atoms with E-state index in [0.717, 1.165) is 18.4 Å². The molecule has 0 rings (SSSR count). The maximum atomic E-state index is 12.1. The molecule has 0 aromatic rings. The lowest BCUT2D eigenvalue weighted by atomic mass is 10.2. The summed E-state index contributed by atoms with van der Waals surface area (Å²) in [6.45, 7) is 3.19. The topological polar surface area (TPSA) is 15.6 Å². The van der Waals surface area contributed by atoms with Crippen molar-refractivity contribution in [2.45, 2.75) is 6.18 Å². The summed E-state index contributed by atoms with van der Waals surface area (Å²) in [6.07, 6.45) is -1.69. The Morgan fingerprint density at radius 3 is 2.23 bits per heavy atom. The third-order valence-corrected chi connectivity index (χ3v) is 1.05. The molecule has 0 aromatic carbocycles. The van der Waals surface area contributed by atoms with E-state index in [1.54, 1.807) is 14.1 Å². The molecular weight excluding hydrogens is 181 g/mol. The van der Waals surface area contributed by atoms with Crippen molar-refractivity contribution in [3.05, 3.63) is 24.3 Å². The Morgan fingerprint density at radius 1 is 1.38 bits per heavy atom. The van der Waals surface area contributed by atoms with Gasteiger partial charge in [-0.2, -0.15) is 18.3 Å². The van der Waals surface area contributed by atoms with Gasteiger partial charge >= 0.3 is 6.18 Å².